The first kappa shape index (κ1) is 15.7. The molecule has 0 saturated carbocycles. The molecule has 0 aliphatic rings. The summed E-state index contributed by atoms with van der Waals surface area (Å²) in [7, 11) is 0. The number of nitrogens with zero attached hydrogens (tertiary/aromatic N) is 7. The minimum Gasteiger partial charge on any atom is -0.401 e. The van der Waals surface area contributed by atoms with Gasteiger partial charge in [-0.3, -0.25) is 0 Å². The molecule has 9 nitrogen and oxygen atoms in total. The SMILES string of the molecule is [C-]#[N+]c1nc2c3nc(F)c(F)nc3c3nc(F)c(F)nc3c2nc1ON. The van der Waals surface area contributed by atoms with E-state index in [1.165, 1.54) is 0 Å². The lowest BCUT2D eigenvalue weighted by Gasteiger charge is -2.07. The van der Waals surface area contributed by atoms with Gasteiger partial charge in [0, 0.05) is 0 Å². The fraction of sp³-hybridized carbons (Fsp3) is 0. The van der Waals surface area contributed by atoms with E-state index < -0.39 is 46.5 Å². The monoisotopic (exact) mass is 362 g/mol. The zero-order chi connectivity index (χ0) is 18.6. The lowest BCUT2D eigenvalue weighted by atomic mass is 10.2. The zero-order valence-electron chi connectivity index (χ0n) is 12.1. The van der Waals surface area contributed by atoms with Crippen molar-refractivity contribution in [2.45, 2.75) is 0 Å². The van der Waals surface area contributed by atoms with Crippen LogP contribution < -0.4 is 10.7 Å². The molecule has 4 aromatic rings. The number of halogens is 4. The van der Waals surface area contributed by atoms with E-state index in [1.807, 2.05) is 0 Å². The summed E-state index contributed by atoms with van der Waals surface area (Å²) in [5.74, 6) is -2.18. The average Bonchev–Trinajstić information content (AvgIpc) is 2.63. The Labute approximate surface area is 139 Å². The molecule has 0 unspecified atom stereocenters. The first-order valence-corrected chi connectivity index (χ1v) is 6.58. The van der Waals surface area contributed by atoms with Crippen molar-refractivity contribution in [2.75, 3.05) is 0 Å². The Morgan fingerprint density at radius 3 is 1.35 bits per heavy atom. The van der Waals surface area contributed by atoms with Gasteiger partial charge in [-0.15, -0.1) is 4.98 Å². The summed E-state index contributed by atoms with van der Waals surface area (Å²) in [6.45, 7) is 7.05. The summed E-state index contributed by atoms with van der Waals surface area (Å²) < 4.78 is 54.2. The summed E-state index contributed by atoms with van der Waals surface area (Å²) in [6.07, 6.45) is 0. The van der Waals surface area contributed by atoms with E-state index in [4.69, 9.17) is 12.5 Å². The second-order valence-electron chi connectivity index (χ2n) is 4.78. The summed E-state index contributed by atoms with van der Waals surface area (Å²) in [5, 5.41) is 0. The van der Waals surface area contributed by atoms with Crippen LogP contribution >= 0.6 is 0 Å². The predicted octanol–water partition coefficient (Wildman–Crippen LogP) is 1.88. The maximum Gasteiger partial charge on any atom is 0.334 e. The van der Waals surface area contributed by atoms with Crippen molar-refractivity contribution in [3.63, 3.8) is 0 Å². The topological polar surface area (TPSA) is 117 Å². The molecule has 0 aliphatic carbocycles. The van der Waals surface area contributed by atoms with Gasteiger partial charge in [0.2, 0.25) is 5.52 Å². The van der Waals surface area contributed by atoms with E-state index in [9.17, 15) is 17.6 Å². The van der Waals surface area contributed by atoms with Crippen molar-refractivity contribution in [1.82, 2.24) is 29.9 Å². The number of nitrogens with two attached hydrogens (primary N) is 1. The lowest BCUT2D eigenvalue weighted by molar-refractivity contribution is 0.323. The van der Waals surface area contributed by atoms with Crippen molar-refractivity contribution in [3.8, 4) is 5.88 Å². The van der Waals surface area contributed by atoms with Crippen LogP contribution in [0.1, 0.15) is 0 Å². The van der Waals surface area contributed by atoms with Crippen molar-refractivity contribution >= 4 is 38.9 Å². The molecule has 0 bridgehead atoms. The summed E-state index contributed by atoms with van der Waals surface area (Å²) in [5.41, 5.74) is -2.19. The Morgan fingerprint density at radius 2 is 1.00 bits per heavy atom. The van der Waals surface area contributed by atoms with Crippen LogP contribution in [0.4, 0.5) is 23.4 Å². The predicted molar refractivity (Wildman–Crippen MR) is 76.6 cm³/mol. The first-order valence-electron chi connectivity index (χ1n) is 6.58. The molecule has 0 radical (unpaired) electrons. The summed E-state index contributed by atoms with van der Waals surface area (Å²) in [4.78, 5) is 28.6. The minimum atomic E-state index is -1.59. The number of hydrogen-bond donors (Lipinski definition) is 1. The molecule has 0 spiro atoms. The van der Waals surface area contributed by atoms with E-state index in [2.05, 4.69) is 39.6 Å². The Kier molecular flexibility index (Phi) is 3.24. The third-order valence-electron chi connectivity index (χ3n) is 3.37. The number of fused-ring (bicyclic) bond motifs is 6. The van der Waals surface area contributed by atoms with Crippen molar-refractivity contribution in [1.29, 1.82) is 0 Å². The number of benzene rings is 1. The van der Waals surface area contributed by atoms with Gasteiger partial charge in [-0.1, -0.05) is 6.57 Å². The number of rotatable bonds is 1. The van der Waals surface area contributed by atoms with Crippen LogP contribution in [-0.2, 0) is 0 Å². The van der Waals surface area contributed by atoms with Crippen LogP contribution in [-0.4, -0.2) is 29.9 Å². The molecule has 3 aromatic heterocycles. The van der Waals surface area contributed by atoms with Gasteiger partial charge in [0.15, 0.2) is 0 Å². The van der Waals surface area contributed by atoms with Crippen LogP contribution in [0.25, 0.3) is 37.9 Å². The highest BCUT2D eigenvalue weighted by Gasteiger charge is 2.25. The average molecular weight is 362 g/mol. The van der Waals surface area contributed by atoms with Crippen molar-refractivity contribution in [2.24, 2.45) is 5.90 Å². The number of hydrogen-bond acceptors (Lipinski definition) is 8. The molecule has 26 heavy (non-hydrogen) atoms. The van der Waals surface area contributed by atoms with E-state index in [-0.39, 0.29) is 22.1 Å². The fourth-order valence-electron chi connectivity index (χ4n) is 2.34. The van der Waals surface area contributed by atoms with Crippen molar-refractivity contribution < 1.29 is 22.4 Å². The highest BCUT2D eigenvalue weighted by molar-refractivity contribution is 6.18. The quantitative estimate of drug-likeness (QED) is 0.236. The maximum atomic E-state index is 13.6. The Morgan fingerprint density at radius 1 is 0.654 bits per heavy atom. The van der Waals surface area contributed by atoms with Gasteiger partial charge in [-0.05, 0) is 0 Å². The normalized spacial score (nSPS) is 11.2. The van der Waals surface area contributed by atoms with Gasteiger partial charge < -0.3 is 9.68 Å². The van der Waals surface area contributed by atoms with Crippen LogP contribution in [0.3, 0.4) is 0 Å². The first-order chi connectivity index (χ1) is 12.4. The Hall–Kier alpha value is -3.79. The third-order valence-corrected chi connectivity index (χ3v) is 3.37. The van der Waals surface area contributed by atoms with Gasteiger partial charge in [0.1, 0.15) is 27.6 Å². The second kappa shape index (κ2) is 5.36. The standard InChI is InChI=1S/C13H2F4N8O/c1-19-12-13(26-18)25-7-5-3(21-9(15)11(17)23-5)2-4(6(7)24-12)22-10(16)8(14)20-2/h18H2. The summed E-state index contributed by atoms with van der Waals surface area (Å²) in [6, 6.07) is 0. The van der Waals surface area contributed by atoms with Gasteiger partial charge in [0.25, 0.3) is 29.7 Å². The molecule has 3 heterocycles. The molecular weight excluding hydrogens is 360 g/mol. The molecule has 1 aromatic carbocycles. The molecule has 4 rings (SSSR count). The number of aromatic nitrogens is 6. The largest absolute Gasteiger partial charge is 0.401 e. The lowest BCUT2D eigenvalue weighted by Crippen LogP contribution is -2.07. The Bertz CT molecular complexity index is 1290. The van der Waals surface area contributed by atoms with Crippen LogP contribution in [0.5, 0.6) is 5.88 Å². The van der Waals surface area contributed by atoms with Gasteiger partial charge >= 0.3 is 5.82 Å². The molecule has 0 amide bonds. The molecule has 0 fully saturated rings. The minimum absolute atomic E-state index is 0.271. The van der Waals surface area contributed by atoms with E-state index >= 15 is 0 Å². The van der Waals surface area contributed by atoms with Gasteiger partial charge in [-0.2, -0.15) is 23.5 Å². The summed E-state index contributed by atoms with van der Waals surface area (Å²) >= 11 is 0. The Balaban J connectivity index is 2.37. The molecule has 0 saturated heterocycles. The zero-order valence-corrected chi connectivity index (χ0v) is 12.1. The molecule has 13 heteroatoms. The smallest absolute Gasteiger partial charge is 0.334 e. The molecule has 128 valence electrons. The van der Waals surface area contributed by atoms with Gasteiger partial charge in [-0.25, -0.2) is 24.9 Å². The van der Waals surface area contributed by atoms with E-state index in [1.54, 1.807) is 0 Å². The maximum absolute atomic E-state index is 13.6. The van der Waals surface area contributed by atoms with Gasteiger partial charge in [0.05, 0.1) is 0 Å². The highest BCUT2D eigenvalue weighted by atomic mass is 19.2. The molecule has 0 aliphatic heterocycles. The van der Waals surface area contributed by atoms with E-state index in [0.29, 0.717) is 0 Å². The van der Waals surface area contributed by atoms with Crippen LogP contribution in [0, 0.1) is 30.4 Å². The van der Waals surface area contributed by atoms with Crippen molar-refractivity contribution in [3.05, 3.63) is 35.2 Å². The molecule has 2 N–H and O–H groups in total. The molecular formula is C13H2F4N8O. The fourth-order valence-corrected chi connectivity index (χ4v) is 2.34. The van der Waals surface area contributed by atoms with E-state index in [0.717, 1.165) is 0 Å². The molecule has 0 atom stereocenters. The second-order valence-corrected chi connectivity index (χ2v) is 4.78. The van der Waals surface area contributed by atoms with Crippen LogP contribution in [0.15, 0.2) is 0 Å². The highest BCUT2D eigenvalue weighted by Crippen LogP contribution is 2.34. The third kappa shape index (κ3) is 2.06. The van der Waals surface area contributed by atoms with Crippen LogP contribution in [0.2, 0.25) is 0 Å².